The van der Waals surface area contributed by atoms with Gasteiger partial charge in [-0.2, -0.15) is 0 Å². The molecule has 0 bridgehead atoms. The highest BCUT2D eigenvalue weighted by atomic mass is 15.0. The number of nitrogens with zero attached hydrogens (tertiary/aromatic N) is 1. The Morgan fingerprint density at radius 2 is 0.975 bits per heavy atom. The van der Waals surface area contributed by atoms with Gasteiger partial charge in [0.1, 0.15) is 0 Å². The Morgan fingerprint density at radius 1 is 0.450 bits per heavy atom. The van der Waals surface area contributed by atoms with E-state index < -0.39 is 0 Å². The summed E-state index contributed by atoms with van der Waals surface area (Å²) in [5.41, 5.74) is 12.9. The molecule has 1 heterocycles. The quantitative estimate of drug-likeness (QED) is 0.208. The fraction of sp³-hybridized carbons (Fsp3) is 0.0769. The van der Waals surface area contributed by atoms with Gasteiger partial charge in [-0.25, -0.2) is 0 Å². The molecule has 1 aromatic heterocycles. The van der Waals surface area contributed by atoms with Crippen LogP contribution >= 0.6 is 0 Å². The summed E-state index contributed by atoms with van der Waals surface area (Å²) < 4.78 is 2.37. The molecule has 6 aromatic carbocycles. The normalized spacial score (nSPS) is 11.3. The summed E-state index contributed by atoms with van der Waals surface area (Å²) in [6.45, 7) is 2.19. The second-order valence-corrected chi connectivity index (χ2v) is 10.6. The van der Waals surface area contributed by atoms with E-state index in [1.807, 2.05) is 0 Å². The summed E-state index contributed by atoms with van der Waals surface area (Å²) in [5, 5.41) is 2.58. The molecule has 0 atom stereocenters. The molecule has 0 spiro atoms. The highest BCUT2D eigenvalue weighted by molar-refractivity contribution is 6.09. The molecule has 0 unspecified atom stereocenters. The zero-order chi connectivity index (χ0) is 26.9. The van der Waals surface area contributed by atoms with Crippen LogP contribution in [-0.4, -0.2) is 4.57 Å². The molecule has 1 heteroatoms. The molecule has 0 saturated heterocycles. The lowest BCUT2D eigenvalue weighted by molar-refractivity contribution is 0.962. The van der Waals surface area contributed by atoms with Crippen molar-refractivity contribution in [1.29, 1.82) is 0 Å². The van der Waals surface area contributed by atoms with Gasteiger partial charge >= 0.3 is 0 Å². The van der Waals surface area contributed by atoms with Crippen molar-refractivity contribution < 1.29 is 0 Å². The molecule has 0 amide bonds. The van der Waals surface area contributed by atoms with E-state index in [0.29, 0.717) is 0 Å². The molecule has 192 valence electrons. The maximum Gasteiger partial charge on any atom is 0.0541 e. The Balaban J connectivity index is 1.12. The lowest BCUT2D eigenvalue weighted by Gasteiger charge is -2.12. The topological polar surface area (TPSA) is 4.93 Å². The van der Waals surface area contributed by atoms with E-state index in [-0.39, 0.29) is 0 Å². The first kappa shape index (κ1) is 24.2. The molecular formula is C39H31N. The van der Waals surface area contributed by atoms with E-state index in [0.717, 1.165) is 12.8 Å². The van der Waals surface area contributed by atoms with Crippen molar-refractivity contribution in [3.8, 4) is 27.9 Å². The first-order valence-corrected chi connectivity index (χ1v) is 14.1. The van der Waals surface area contributed by atoms with Crippen molar-refractivity contribution in [3.05, 3.63) is 162 Å². The lowest BCUT2D eigenvalue weighted by Crippen LogP contribution is -1.96. The van der Waals surface area contributed by atoms with E-state index in [1.165, 1.54) is 66.4 Å². The third-order valence-corrected chi connectivity index (χ3v) is 8.13. The standard InChI is InChI=1S/C39H31N/c1-28-10-2-4-12-34(28)35-13-5-3-11-32(35)23-20-29-18-21-30(22-19-29)31-24-26-33(27-25-31)40-38-16-8-6-14-36(38)37-15-7-9-17-39(37)40/h2-19,21-22,24-27H,20,23H2,1H3. The van der Waals surface area contributed by atoms with Gasteiger partial charge in [-0.3, -0.25) is 0 Å². The van der Waals surface area contributed by atoms with Crippen LogP contribution in [0.2, 0.25) is 0 Å². The lowest BCUT2D eigenvalue weighted by atomic mass is 9.92. The van der Waals surface area contributed by atoms with Crippen LogP contribution in [0.15, 0.2) is 146 Å². The monoisotopic (exact) mass is 513 g/mol. The molecule has 1 nitrogen and oxygen atoms in total. The highest BCUT2D eigenvalue weighted by Gasteiger charge is 2.12. The minimum Gasteiger partial charge on any atom is -0.309 e. The van der Waals surface area contributed by atoms with Gasteiger partial charge in [0, 0.05) is 16.5 Å². The second-order valence-electron chi connectivity index (χ2n) is 10.6. The molecule has 0 aliphatic heterocycles. The second kappa shape index (κ2) is 10.4. The van der Waals surface area contributed by atoms with Gasteiger partial charge in [0.15, 0.2) is 0 Å². The number of para-hydroxylation sites is 2. The Hall–Kier alpha value is -4.88. The molecule has 7 aromatic rings. The van der Waals surface area contributed by atoms with Crippen LogP contribution < -0.4 is 0 Å². The summed E-state index contributed by atoms with van der Waals surface area (Å²) in [7, 11) is 0. The Labute approximate surface area is 236 Å². The Kier molecular flexibility index (Phi) is 6.26. The van der Waals surface area contributed by atoms with Crippen LogP contribution in [0.3, 0.4) is 0 Å². The maximum absolute atomic E-state index is 2.37. The molecule has 0 radical (unpaired) electrons. The van der Waals surface area contributed by atoms with Gasteiger partial charge in [0.05, 0.1) is 11.0 Å². The van der Waals surface area contributed by atoms with Crippen molar-refractivity contribution in [2.24, 2.45) is 0 Å². The number of rotatable bonds is 6. The largest absolute Gasteiger partial charge is 0.309 e. The summed E-state index contributed by atoms with van der Waals surface area (Å²) in [6.07, 6.45) is 2.05. The van der Waals surface area contributed by atoms with Crippen molar-refractivity contribution in [3.63, 3.8) is 0 Å². The molecule has 0 N–H and O–H groups in total. The average molecular weight is 514 g/mol. The van der Waals surface area contributed by atoms with Crippen molar-refractivity contribution in [2.45, 2.75) is 19.8 Å². The van der Waals surface area contributed by atoms with Gasteiger partial charge in [0.2, 0.25) is 0 Å². The summed E-state index contributed by atoms with van der Waals surface area (Å²) in [5.74, 6) is 0. The summed E-state index contributed by atoms with van der Waals surface area (Å²) >= 11 is 0. The fourth-order valence-corrected chi connectivity index (χ4v) is 6.02. The van der Waals surface area contributed by atoms with E-state index in [2.05, 4.69) is 157 Å². The van der Waals surface area contributed by atoms with Crippen molar-refractivity contribution in [2.75, 3.05) is 0 Å². The van der Waals surface area contributed by atoms with E-state index in [1.54, 1.807) is 0 Å². The van der Waals surface area contributed by atoms with Crippen LogP contribution in [0.5, 0.6) is 0 Å². The van der Waals surface area contributed by atoms with Crippen LogP contribution in [0, 0.1) is 6.92 Å². The van der Waals surface area contributed by atoms with Crippen LogP contribution in [0.25, 0.3) is 49.7 Å². The predicted molar refractivity (Wildman–Crippen MR) is 170 cm³/mol. The van der Waals surface area contributed by atoms with Crippen LogP contribution in [-0.2, 0) is 12.8 Å². The third kappa shape index (κ3) is 4.40. The Bertz CT molecular complexity index is 1890. The Morgan fingerprint density at radius 3 is 1.62 bits per heavy atom. The number of hydrogen-bond acceptors (Lipinski definition) is 0. The SMILES string of the molecule is Cc1ccccc1-c1ccccc1CCc1ccc(-c2ccc(-n3c4ccccc4c4ccccc43)cc2)cc1. The third-order valence-electron chi connectivity index (χ3n) is 8.13. The number of fused-ring (bicyclic) bond motifs is 3. The van der Waals surface area contributed by atoms with Gasteiger partial charge < -0.3 is 4.57 Å². The molecule has 0 fully saturated rings. The minimum atomic E-state index is 1.02. The number of aryl methyl sites for hydroxylation is 3. The molecular weight excluding hydrogens is 482 g/mol. The summed E-state index contributed by atoms with van der Waals surface area (Å²) in [4.78, 5) is 0. The fourth-order valence-electron chi connectivity index (χ4n) is 6.02. The molecule has 0 saturated carbocycles. The molecule has 40 heavy (non-hydrogen) atoms. The number of aromatic nitrogens is 1. The zero-order valence-electron chi connectivity index (χ0n) is 22.7. The van der Waals surface area contributed by atoms with Crippen molar-refractivity contribution in [1.82, 2.24) is 4.57 Å². The minimum absolute atomic E-state index is 1.02. The first-order chi connectivity index (χ1) is 19.8. The molecule has 0 aliphatic rings. The zero-order valence-corrected chi connectivity index (χ0v) is 22.7. The van der Waals surface area contributed by atoms with E-state index >= 15 is 0 Å². The van der Waals surface area contributed by atoms with Gasteiger partial charge in [-0.05, 0) is 83.0 Å². The average Bonchev–Trinajstić information content (AvgIpc) is 3.35. The first-order valence-electron chi connectivity index (χ1n) is 14.1. The van der Waals surface area contributed by atoms with Gasteiger partial charge in [-0.15, -0.1) is 0 Å². The van der Waals surface area contributed by atoms with Crippen molar-refractivity contribution >= 4 is 21.8 Å². The van der Waals surface area contributed by atoms with Crippen LogP contribution in [0.1, 0.15) is 16.7 Å². The van der Waals surface area contributed by atoms with Gasteiger partial charge in [-0.1, -0.05) is 121 Å². The number of hydrogen-bond donors (Lipinski definition) is 0. The maximum atomic E-state index is 2.37. The summed E-state index contributed by atoms with van der Waals surface area (Å²) in [6, 6.07) is 52.9. The van der Waals surface area contributed by atoms with E-state index in [4.69, 9.17) is 0 Å². The molecule has 7 rings (SSSR count). The van der Waals surface area contributed by atoms with Gasteiger partial charge in [0.25, 0.3) is 0 Å². The smallest absolute Gasteiger partial charge is 0.0541 e. The van der Waals surface area contributed by atoms with Crippen LogP contribution in [0.4, 0.5) is 0 Å². The molecule has 0 aliphatic carbocycles. The highest BCUT2D eigenvalue weighted by Crippen LogP contribution is 2.33. The van der Waals surface area contributed by atoms with E-state index in [9.17, 15) is 0 Å². The number of benzene rings is 6. The predicted octanol–water partition coefficient (Wildman–Crippen LogP) is 10.2.